The number of ether oxygens (including phenoxy) is 3. The number of methoxy groups -OCH3 is 2. The van der Waals surface area contributed by atoms with Crippen LogP contribution in [-0.2, 0) is 9.63 Å². The van der Waals surface area contributed by atoms with Crippen molar-refractivity contribution in [1.29, 1.82) is 0 Å². The first-order valence-corrected chi connectivity index (χ1v) is 8.06. The molecular weight excluding hydrogens is 336 g/mol. The normalized spacial score (nSPS) is 10.4. The van der Waals surface area contributed by atoms with E-state index in [1.807, 2.05) is 6.92 Å². The zero-order chi connectivity index (χ0) is 18.8. The molecule has 7 heteroatoms. The second-order valence-electron chi connectivity index (χ2n) is 5.12. The maximum absolute atomic E-state index is 11.9. The number of nitrogens with zero attached hydrogens (tertiary/aromatic N) is 1. The van der Waals surface area contributed by atoms with Gasteiger partial charge in [0.1, 0.15) is 17.2 Å². The average molecular weight is 358 g/mol. The standard InChI is InChI=1S/C19H22N2O5/c1-4-25-16-7-5-15(6-8-16)21-19(22)13-26-20-12-14-11-17(23-2)9-10-18(14)24-3/h5-12H,4,13H2,1-3H3,(H,21,22)/b20-12-. The first-order valence-electron chi connectivity index (χ1n) is 8.06. The van der Waals surface area contributed by atoms with E-state index < -0.39 is 0 Å². The minimum Gasteiger partial charge on any atom is -0.497 e. The van der Waals surface area contributed by atoms with Crippen LogP contribution in [0.4, 0.5) is 5.69 Å². The van der Waals surface area contributed by atoms with E-state index >= 15 is 0 Å². The lowest BCUT2D eigenvalue weighted by molar-refractivity contribution is -0.120. The van der Waals surface area contributed by atoms with Gasteiger partial charge in [-0.15, -0.1) is 0 Å². The molecule has 2 rings (SSSR count). The van der Waals surface area contributed by atoms with Gasteiger partial charge in [0.25, 0.3) is 5.91 Å². The lowest BCUT2D eigenvalue weighted by Crippen LogP contribution is -2.16. The van der Waals surface area contributed by atoms with Crippen LogP contribution in [0.25, 0.3) is 0 Å². The zero-order valence-electron chi connectivity index (χ0n) is 15.0. The molecule has 1 amide bonds. The summed E-state index contributed by atoms with van der Waals surface area (Å²) in [6.07, 6.45) is 1.46. The third-order valence-electron chi connectivity index (χ3n) is 3.35. The Bertz CT molecular complexity index is 744. The van der Waals surface area contributed by atoms with E-state index in [1.165, 1.54) is 6.21 Å². The van der Waals surface area contributed by atoms with E-state index in [0.29, 0.717) is 29.4 Å². The van der Waals surface area contributed by atoms with Gasteiger partial charge in [0, 0.05) is 11.3 Å². The van der Waals surface area contributed by atoms with Crippen LogP contribution in [0.3, 0.4) is 0 Å². The van der Waals surface area contributed by atoms with Gasteiger partial charge < -0.3 is 24.4 Å². The molecule has 0 radical (unpaired) electrons. The summed E-state index contributed by atoms with van der Waals surface area (Å²) < 4.78 is 15.7. The van der Waals surface area contributed by atoms with Crippen molar-refractivity contribution in [2.75, 3.05) is 32.8 Å². The lowest BCUT2D eigenvalue weighted by atomic mass is 10.2. The second-order valence-corrected chi connectivity index (χ2v) is 5.12. The SMILES string of the molecule is CCOc1ccc(NC(=O)CO/N=C\c2cc(OC)ccc2OC)cc1. The number of oxime groups is 1. The van der Waals surface area contributed by atoms with Gasteiger partial charge >= 0.3 is 0 Å². The first-order chi connectivity index (χ1) is 12.7. The van der Waals surface area contributed by atoms with Crippen LogP contribution in [0.1, 0.15) is 12.5 Å². The van der Waals surface area contributed by atoms with Crippen molar-refractivity contribution >= 4 is 17.8 Å². The molecule has 0 aliphatic carbocycles. The van der Waals surface area contributed by atoms with Gasteiger partial charge in [0.15, 0.2) is 6.61 Å². The van der Waals surface area contributed by atoms with Crippen LogP contribution in [0.2, 0.25) is 0 Å². The number of carbonyl (C=O) groups excluding carboxylic acids is 1. The monoisotopic (exact) mass is 358 g/mol. The molecule has 0 spiro atoms. The van der Waals surface area contributed by atoms with E-state index in [-0.39, 0.29) is 12.5 Å². The number of benzene rings is 2. The predicted molar refractivity (Wildman–Crippen MR) is 99.3 cm³/mol. The molecule has 138 valence electrons. The van der Waals surface area contributed by atoms with Gasteiger partial charge in [-0.3, -0.25) is 4.79 Å². The molecular formula is C19H22N2O5. The number of rotatable bonds is 9. The fourth-order valence-corrected chi connectivity index (χ4v) is 2.13. The Hall–Kier alpha value is -3.22. The highest BCUT2D eigenvalue weighted by molar-refractivity contribution is 5.91. The fourth-order valence-electron chi connectivity index (χ4n) is 2.13. The van der Waals surface area contributed by atoms with Crippen molar-refractivity contribution in [2.24, 2.45) is 5.16 Å². The number of hydrogen-bond donors (Lipinski definition) is 1. The van der Waals surface area contributed by atoms with Crippen LogP contribution in [0.5, 0.6) is 17.2 Å². The minimum atomic E-state index is -0.316. The second kappa shape index (κ2) is 9.93. The molecule has 1 N–H and O–H groups in total. The van der Waals surface area contributed by atoms with E-state index in [2.05, 4.69) is 10.5 Å². The van der Waals surface area contributed by atoms with E-state index in [1.54, 1.807) is 56.7 Å². The summed E-state index contributed by atoms with van der Waals surface area (Å²) in [6.45, 7) is 2.29. The van der Waals surface area contributed by atoms with Gasteiger partial charge in [-0.1, -0.05) is 5.16 Å². The third-order valence-corrected chi connectivity index (χ3v) is 3.35. The summed E-state index contributed by atoms with van der Waals surface area (Å²) >= 11 is 0. The fraction of sp³-hybridized carbons (Fsp3) is 0.263. The molecule has 0 atom stereocenters. The van der Waals surface area contributed by atoms with Crippen LogP contribution < -0.4 is 19.5 Å². The van der Waals surface area contributed by atoms with Crippen molar-refractivity contribution in [3.05, 3.63) is 48.0 Å². The Morgan fingerprint density at radius 1 is 1.08 bits per heavy atom. The number of anilines is 1. The number of nitrogens with one attached hydrogen (secondary N) is 1. The first kappa shape index (κ1) is 19.1. The van der Waals surface area contributed by atoms with Crippen LogP contribution in [0.15, 0.2) is 47.6 Å². The average Bonchev–Trinajstić information content (AvgIpc) is 2.67. The van der Waals surface area contributed by atoms with Crippen molar-refractivity contribution < 1.29 is 23.8 Å². The summed E-state index contributed by atoms with van der Waals surface area (Å²) in [6, 6.07) is 12.4. The van der Waals surface area contributed by atoms with Gasteiger partial charge in [-0.2, -0.15) is 0 Å². The summed E-state index contributed by atoms with van der Waals surface area (Å²) in [7, 11) is 3.13. The Morgan fingerprint density at radius 2 is 1.81 bits per heavy atom. The van der Waals surface area contributed by atoms with Crippen LogP contribution in [0, 0.1) is 0 Å². The molecule has 0 fully saturated rings. The van der Waals surface area contributed by atoms with Gasteiger partial charge in [-0.05, 0) is 49.4 Å². The number of carbonyl (C=O) groups is 1. The molecule has 0 saturated heterocycles. The molecule has 0 saturated carbocycles. The summed E-state index contributed by atoms with van der Waals surface area (Å²) in [5.41, 5.74) is 1.33. The van der Waals surface area contributed by atoms with Crippen LogP contribution >= 0.6 is 0 Å². The highest BCUT2D eigenvalue weighted by atomic mass is 16.6. The van der Waals surface area contributed by atoms with Gasteiger partial charge in [0.05, 0.1) is 27.0 Å². The molecule has 0 aliphatic heterocycles. The summed E-state index contributed by atoms with van der Waals surface area (Å²) in [5.74, 6) is 1.72. The van der Waals surface area contributed by atoms with E-state index in [9.17, 15) is 4.79 Å². The summed E-state index contributed by atoms with van der Waals surface area (Å²) in [5, 5.41) is 6.52. The lowest BCUT2D eigenvalue weighted by Gasteiger charge is -2.07. The molecule has 2 aromatic rings. The zero-order valence-corrected chi connectivity index (χ0v) is 15.0. The van der Waals surface area contributed by atoms with Crippen molar-refractivity contribution in [1.82, 2.24) is 0 Å². The molecule has 0 heterocycles. The van der Waals surface area contributed by atoms with E-state index in [0.717, 1.165) is 5.75 Å². The summed E-state index contributed by atoms with van der Waals surface area (Å²) in [4.78, 5) is 16.9. The molecule has 0 bridgehead atoms. The molecule has 0 aliphatic rings. The molecule has 2 aromatic carbocycles. The Labute approximate surface area is 152 Å². The maximum atomic E-state index is 11.9. The third kappa shape index (κ3) is 5.70. The smallest absolute Gasteiger partial charge is 0.265 e. The predicted octanol–water partition coefficient (Wildman–Crippen LogP) is 3.09. The topological polar surface area (TPSA) is 78.4 Å². The molecule has 0 aromatic heterocycles. The quantitative estimate of drug-likeness (QED) is 0.550. The number of hydrogen-bond acceptors (Lipinski definition) is 6. The van der Waals surface area contributed by atoms with Crippen molar-refractivity contribution in [2.45, 2.75) is 6.92 Å². The Morgan fingerprint density at radius 3 is 2.46 bits per heavy atom. The van der Waals surface area contributed by atoms with Crippen molar-refractivity contribution in [3.63, 3.8) is 0 Å². The highest BCUT2D eigenvalue weighted by Crippen LogP contribution is 2.22. The molecule has 26 heavy (non-hydrogen) atoms. The Balaban J connectivity index is 1.85. The van der Waals surface area contributed by atoms with Gasteiger partial charge in [0.2, 0.25) is 0 Å². The highest BCUT2D eigenvalue weighted by Gasteiger charge is 2.05. The van der Waals surface area contributed by atoms with Crippen LogP contribution in [-0.4, -0.2) is 39.6 Å². The van der Waals surface area contributed by atoms with Crippen molar-refractivity contribution in [3.8, 4) is 17.2 Å². The minimum absolute atomic E-state index is 0.212. The number of amides is 1. The van der Waals surface area contributed by atoms with Gasteiger partial charge in [-0.25, -0.2) is 0 Å². The Kier molecular flexibility index (Phi) is 7.30. The molecule has 7 nitrogen and oxygen atoms in total. The van der Waals surface area contributed by atoms with E-state index in [4.69, 9.17) is 19.0 Å². The largest absolute Gasteiger partial charge is 0.497 e. The molecule has 0 unspecified atom stereocenters. The maximum Gasteiger partial charge on any atom is 0.265 e.